The number of aryl methyl sites for hydroxylation is 2. The number of fused-ring (bicyclic) bond motifs is 1. The molecule has 0 atom stereocenters. The first-order valence-electron chi connectivity index (χ1n) is 5.71. The van der Waals surface area contributed by atoms with Crippen LogP contribution in [0.3, 0.4) is 0 Å². The lowest BCUT2D eigenvalue weighted by atomic mass is 10.1. The van der Waals surface area contributed by atoms with Crippen molar-refractivity contribution in [2.24, 2.45) is 0 Å². The predicted octanol–water partition coefficient (Wildman–Crippen LogP) is 3.71. The van der Waals surface area contributed by atoms with E-state index < -0.39 is 0 Å². The van der Waals surface area contributed by atoms with Gasteiger partial charge in [-0.15, -0.1) is 35.3 Å². The van der Waals surface area contributed by atoms with Crippen molar-refractivity contribution in [2.45, 2.75) is 20.8 Å². The SMILES string of the molecule is CC(=O)c1sc2nc(C)cc(C)c2c1NC(=O)CCl.Cl. The summed E-state index contributed by atoms with van der Waals surface area (Å²) >= 11 is 6.80. The zero-order valence-corrected chi connectivity index (χ0v) is 13.6. The van der Waals surface area contributed by atoms with Gasteiger partial charge in [-0.25, -0.2) is 4.98 Å². The number of nitrogens with zero attached hydrogens (tertiary/aromatic N) is 1. The van der Waals surface area contributed by atoms with Gasteiger partial charge in [0, 0.05) is 18.0 Å². The fourth-order valence-corrected chi connectivity index (χ4v) is 3.20. The number of hydrogen-bond donors (Lipinski definition) is 1. The monoisotopic (exact) mass is 332 g/mol. The average molecular weight is 333 g/mol. The molecule has 0 saturated heterocycles. The smallest absolute Gasteiger partial charge is 0.239 e. The molecule has 0 spiro atoms. The molecular weight excluding hydrogens is 319 g/mol. The maximum Gasteiger partial charge on any atom is 0.239 e. The largest absolute Gasteiger partial charge is 0.323 e. The second kappa shape index (κ2) is 6.52. The topological polar surface area (TPSA) is 59.1 Å². The van der Waals surface area contributed by atoms with Crippen LogP contribution in [0.5, 0.6) is 0 Å². The van der Waals surface area contributed by atoms with Crippen LogP contribution in [-0.4, -0.2) is 22.6 Å². The van der Waals surface area contributed by atoms with Crippen molar-refractivity contribution in [3.63, 3.8) is 0 Å². The van der Waals surface area contributed by atoms with Crippen LogP contribution >= 0.6 is 35.3 Å². The van der Waals surface area contributed by atoms with Gasteiger partial charge < -0.3 is 5.32 Å². The zero-order chi connectivity index (χ0) is 14.2. The standard InChI is InChI=1S/C13H13ClN2O2S.ClH/c1-6-4-7(2)15-13-10(6)11(16-9(18)5-14)12(19-13)8(3)17;/h4H,5H2,1-3H3,(H,16,18);1H. The molecule has 1 N–H and O–H groups in total. The van der Waals surface area contributed by atoms with Crippen LogP contribution < -0.4 is 5.32 Å². The van der Waals surface area contributed by atoms with Gasteiger partial charge in [-0.2, -0.15) is 0 Å². The molecule has 0 unspecified atom stereocenters. The summed E-state index contributed by atoms with van der Waals surface area (Å²) in [6.07, 6.45) is 0. The summed E-state index contributed by atoms with van der Waals surface area (Å²) in [5.41, 5.74) is 2.40. The van der Waals surface area contributed by atoms with Gasteiger partial charge in [0.2, 0.25) is 5.91 Å². The Morgan fingerprint density at radius 2 is 2.05 bits per heavy atom. The molecule has 0 fully saturated rings. The Hall–Kier alpha value is -1.17. The third-order valence-corrected chi connectivity index (χ3v) is 4.12. The molecule has 4 nitrogen and oxygen atoms in total. The van der Waals surface area contributed by atoms with Crippen molar-refractivity contribution in [2.75, 3.05) is 11.2 Å². The molecule has 0 bridgehead atoms. The molecule has 2 rings (SSSR count). The Bertz CT molecular complexity index is 683. The Kier molecular flexibility index (Phi) is 5.50. The lowest BCUT2D eigenvalue weighted by Crippen LogP contribution is -2.14. The molecule has 2 heterocycles. The van der Waals surface area contributed by atoms with Crippen molar-refractivity contribution in [1.29, 1.82) is 0 Å². The number of aromatic nitrogens is 1. The van der Waals surface area contributed by atoms with E-state index in [1.807, 2.05) is 19.9 Å². The van der Waals surface area contributed by atoms with Crippen LogP contribution in [0, 0.1) is 13.8 Å². The first-order valence-corrected chi connectivity index (χ1v) is 7.06. The van der Waals surface area contributed by atoms with Gasteiger partial charge in [0.25, 0.3) is 0 Å². The quantitative estimate of drug-likeness (QED) is 0.688. The van der Waals surface area contributed by atoms with Gasteiger partial charge in [0.05, 0.1) is 10.6 Å². The number of amides is 1. The highest BCUT2D eigenvalue weighted by Gasteiger charge is 2.19. The maximum absolute atomic E-state index is 11.7. The Morgan fingerprint density at radius 1 is 1.40 bits per heavy atom. The van der Waals surface area contributed by atoms with Gasteiger partial charge in [-0.1, -0.05) is 0 Å². The van der Waals surface area contributed by atoms with E-state index in [-0.39, 0.29) is 30.0 Å². The molecule has 20 heavy (non-hydrogen) atoms. The summed E-state index contributed by atoms with van der Waals surface area (Å²) in [6, 6.07) is 1.93. The minimum atomic E-state index is -0.330. The average Bonchev–Trinajstić information content (AvgIpc) is 2.67. The molecule has 108 valence electrons. The molecule has 0 saturated carbocycles. The normalized spacial score (nSPS) is 10.2. The number of ketones is 1. The van der Waals surface area contributed by atoms with Gasteiger partial charge in [0.1, 0.15) is 10.7 Å². The van der Waals surface area contributed by atoms with E-state index in [0.29, 0.717) is 10.6 Å². The number of carbonyl (C=O) groups is 2. The van der Waals surface area contributed by atoms with Gasteiger partial charge in [-0.3, -0.25) is 9.59 Å². The maximum atomic E-state index is 11.7. The Balaban J connectivity index is 0.00000200. The molecule has 0 aliphatic carbocycles. The van der Waals surface area contributed by atoms with Crippen LogP contribution in [-0.2, 0) is 4.79 Å². The number of pyridine rings is 1. The number of nitrogens with one attached hydrogen (secondary N) is 1. The first kappa shape index (κ1) is 16.9. The lowest BCUT2D eigenvalue weighted by Gasteiger charge is -2.06. The molecule has 1 amide bonds. The number of anilines is 1. The molecule has 0 radical (unpaired) electrons. The van der Waals surface area contributed by atoms with Gasteiger partial charge in [-0.05, 0) is 25.5 Å². The van der Waals surface area contributed by atoms with Gasteiger partial charge >= 0.3 is 0 Å². The van der Waals surface area contributed by atoms with Crippen molar-refractivity contribution < 1.29 is 9.59 Å². The molecular formula is C13H14Cl2N2O2S. The third-order valence-electron chi connectivity index (χ3n) is 2.69. The number of carbonyl (C=O) groups excluding carboxylic acids is 2. The van der Waals surface area contributed by atoms with E-state index in [4.69, 9.17) is 11.6 Å². The fourth-order valence-electron chi connectivity index (χ4n) is 1.98. The highest BCUT2D eigenvalue weighted by atomic mass is 35.5. The summed E-state index contributed by atoms with van der Waals surface area (Å²) in [4.78, 5) is 28.9. The molecule has 7 heteroatoms. The van der Waals surface area contributed by atoms with Crippen molar-refractivity contribution in [1.82, 2.24) is 4.98 Å². The van der Waals surface area contributed by atoms with Crippen LogP contribution in [0.1, 0.15) is 27.9 Å². The fraction of sp³-hybridized carbons (Fsp3) is 0.308. The van der Waals surface area contributed by atoms with Crippen LogP contribution in [0.4, 0.5) is 5.69 Å². The summed E-state index contributed by atoms with van der Waals surface area (Å²) in [5, 5.41) is 3.52. The highest BCUT2D eigenvalue weighted by Crippen LogP contribution is 2.37. The molecule has 2 aromatic heterocycles. The Labute approximate surface area is 131 Å². The predicted molar refractivity (Wildman–Crippen MR) is 85.7 cm³/mol. The summed E-state index contributed by atoms with van der Waals surface area (Å²) in [6.45, 7) is 5.31. The molecule has 2 aromatic rings. The highest BCUT2D eigenvalue weighted by molar-refractivity contribution is 7.21. The van der Waals surface area contributed by atoms with Crippen molar-refractivity contribution in [3.05, 3.63) is 22.2 Å². The van der Waals surface area contributed by atoms with Crippen LogP contribution in [0.15, 0.2) is 6.07 Å². The van der Waals surface area contributed by atoms with Crippen LogP contribution in [0.2, 0.25) is 0 Å². The number of halogens is 2. The Morgan fingerprint density at radius 3 is 2.60 bits per heavy atom. The second-order valence-electron chi connectivity index (χ2n) is 4.30. The van der Waals surface area contributed by atoms with Crippen molar-refractivity contribution >= 4 is 62.9 Å². The number of hydrogen-bond acceptors (Lipinski definition) is 4. The molecule has 0 aliphatic heterocycles. The van der Waals surface area contributed by atoms with E-state index in [0.717, 1.165) is 21.5 Å². The number of Topliss-reactive ketones (excluding diaryl/α,β-unsaturated/α-hetero) is 1. The third kappa shape index (κ3) is 3.11. The van der Waals surface area contributed by atoms with E-state index >= 15 is 0 Å². The minimum absolute atomic E-state index is 0. The van der Waals surface area contributed by atoms with E-state index in [2.05, 4.69) is 10.3 Å². The number of alkyl halides is 1. The second-order valence-corrected chi connectivity index (χ2v) is 5.57. The van der Waals surface area contributed by atoms with Gasteiger partial charge in [0.15, 0.2) is 5.78 Å². The number of thiophene rings is 1. The lowest BCUT2D eigenvalue weighted by molar-refractivity contribution is -0.113. The van der Waals surface area contributed by atoms with E-state index in [9.17, 15) is 9.59 Å². The van der Waals surface area contributed by atoms with Crippen molar-refractivity contribution in [3.8, 4) is 0 Å². The zero-order valence-electron chi connectivity index (χ0n) is 11.2. The van der Waals surface area contributed by atoms with E-state index in [1.54, 1.807) is 0 Å². The number of rotatable bonds is 3. The minimum Gasteiger partial charge on any atom is -0.323 e. The first-order chi connectivity index (χ1) is 8.93. The van der Waals surface area contributed by atoms with E-state index in [1.165, 1.54) is 18.3 Å². The van der Waals surface area contributed by atoms with Crippen LogP contribution in [0.25, 0.3) is 10.2 Å². The molecule has 0 aliphatic rings. The molecule has 0 aromatic carbocycles. The summed E-state index contributed by atoms with van der Waals surface area (Å²) < 4.78 is 0. The summed E-state index contributed by atoms with van der Waals surface area (Å²) in [7, 11) is 0. The summed E-state index contributed by atoms with van der Waals surface area (Å²) in [5.74, 6) is -0.568.